The summed E-state index contributed by atoms with van der Waals surface area (Å²) in [6.45, 7) is 7.46. The van der Waals surface area contributed by atoms with Crippen molar-refractivity contribution in [2.24, 2.45) is 7.05 Å². The van der Waals surface area contributed by atoms with Gasteiger partial charge in [0.2, 0.25) is 5.91 Å². The maximum Gasteiger partial charge on any atom is 0.276 e. The van der Waals surface area contributed by atoms with Crippen LogP contribution in [0.25, 0.3) is 0 Å². The Morgan fingerprint density at radius 2 is 1.81 bits per heavy atom. The highest BCUT2D eigenvalue weighted by Crippen LogP contribution is 2.39. The van der Waals surface area contributed by atoms with Crippen molar-refractivity contribution in [3.05, 3.63) is 35.7 Å². The van der Waals surface area contributed by atoms with E-state index in [9.17, 15) is 9.59 Å². The van der Waals surface area contributed by atoms with Gasteiger partial charge in [0.05, 0.1) is 17.1 Å². The minimum atomic E-state index is -0.243. The molecule has 166 valence electrons. The fraction of sp³-hybridized carbons (Fsp3) is 0.522. The SMILES string of the molecule is Cc1nn(C)c2c1N(C(=O)CCCCCN1CCN(C)CC1)c1ccccc1NC2=O. The second-order valence-electron chi connectivity index (χ2n) is 8.56. The lowest BCUT2D eigenvalue weighted by atomic mass is 10.1. The molecule has 2 aliphatic heterocycles. The molecule has 1 aromatic carbocycles. The zero-order chi connectivity index (χ0) is 22.0. The van der Waals surface area contributed by atoms with Gasteiger partial charge in [0.1, 0.15) is 5.69 Å². The van der Waals surface area contributed by atoms with Crippen molar-refractivity contribution in [2.45, 2.75) is 32.6 Å². The second-order valence-corrected chi connectivity index (χ2v) is 8.56. The van der Waals surface area contributed by atoms with Crippen molar-refractivity contribution in [1.82, 2.24) is 19.6 Å². The van der Waals surface area contributed by atoms with Gasteiger partial charge in [-0.05, 0) is 45.5 Å². The first-order valence-electron chi connectivity index (χ1n) is 11.1. The highest BCUT2D eigenvalue weighted by Gasteiger charge is 2.33. The van der Waals surface area contributed by atoms with Gasteiger partial charge in [-0.25, -0.2) is 0 Å². The Kier molecular flexibility index (Phi) is 6.38. The molecule has 4 rings (SSSR count). The van der Waals surface area contributed by atoms with E-state index < -0.39 is 0 Å². The number of nitrogens with zero attached hydrogens (tertiary/aromatic N) is 5. The van der Waals surface area contributed by atoms with Gasteiger partial charge < -0.3 is 15.1 Å². The third-order valence-corrected chi connectivity index (χ3v) is 6.23. The molecule has 2 amide bonds. The van der Waals surface area contributed by atoms with Crippen LogP contribution in [0.15, 0.2) is 24.3 Å². The predicted octanol–water partition coefficient (Wildman–Crippen LogP) is 2.77. The van der Waals surface area contributed by atoms with Crippen molar-refractivity contribution < 1.29 is 9.59 Å². The van der Waals surface area contributed by atoms with Gasteiger partial charge in [-0.1, -0.05) is 18.6 Å². The van der Waals surface area contributed by atoms with Crippen molar-refractivity contribution in [2.75, 3.05) is 50.0 Å². The number of unbranched alkanes of at least 4 members (excludes halogenated alkanes) is 2. The molecule has 1 fully saturated rings. The molecule has 0 unspecified atom stereocenters. The fourth-order valence-corrected chi connectivity index (χ4v) is 4.48. The Morgan fingerprint density at radius 1 is 1.06 bits per heavy atom. The molecule has 0 aliphatic carbocycles. The van der Waals surface area contributed by atoms with Crippen LogP contribution in [0.1, 0.15) is 41.9 Å². The van der Waals surface area contributed by atoms with Crippen LogP contribution in [-0.2, 0) is 11.8 Å². The molecular formula is C23H32N6O2. The third-order valence-electron chi connectivity index (χ3n) is 6.23. The molecule has 8 nitrogen and oxygen atoms in total. The minimum Gasteiger partial charge on any atom is -0.319 e. The molecule has 2 aliphatic rings. The topological polar surface area (TPSA) is 73.7 Å². The Hall–Kier alpha value is -2.71. The quantitative estimate of drug-likeness (QED) is 0.722. The summed E-state index contributed by atoms with van der Waals surface area (Å²) in [5.74, 6) is -0.242. The van der Waals surface area contributed by atoms with Gasteiger partial charge in [0.15, 0.2) is 5.69 Å². The number of amides is 2. The summed E-state index contributed by atoms with van der Waals surface area (Å²) in [5, 5.41) is 7.34. The van der Waals surface area contributed by atoms with Gasteiger partial charge in [-0.2, -0.15) is 5.10 Å². The Bertz CT molecular complexity index is 961. The number of nitrogens with one attached hydrogen (secondary N) is 1. The average Bonchev–Trinajstić information content (AvgIpc) is 2.96. The molecule has 0 bridgehead atoms. The minimum absolute atomic E-state index is 0.000831. The van der Waals surface area contributed by atoms with E-state index in [4.69, 9.17) is 0 Å². The molecular weight excluding hydrogens is 392 g/mol. The first-order chi connectivity index (χ1) is 15.0. The number of carbonyl (C=O) groups is 2. The molecule has 1 N–H and O–H groups in total. The van der Waals surface area contributed by atoms with Crippen LogP contribution in [0.4, 0.5) is 17.1 Å². The summed E-state index contributed by atoms with van der Waals surface area (Å²) in [5.41, 5.74) is 3.02. The maximum absolute atomic E-state index is 13.4. The summed E-state index contributed by atoms with van der Waals surface area (Å²) < 4.78 is 1.56. The van der Waals surface area contributed by atoms with E-state index in [1.807, 2.05) is 31.2 Å². The standard InChI is InChI=1S/C23H32N6O2/c1-17-21-22(27(3)25-17)23(31)24-18-9-6-7-10-19(18)29(21)20(30)11-5-4-8-12-28-15-13-26(2)14-16-28/h6-7,9-10H,4-5,8,11-16H2,1-3H3,(H,24,31). The number of likely N-dealkylation sites (N-methyl/N-ethyl adjacent to an activating group) is 1. The number of hydrogen-bond donors (Lipinski definition) is 1. The molecule has 1 saturated heterocycles. The van der Waals surface area contributed by atoms with Crippen LogP contribution in [0.2, 0.25) is 0 Å². The van der Waals surface area contributed by atoms with Gasteiger partial charge in [-0.3, -0.25) is 19.2 Å². The summed E-state index contributed by atoms with van der Waals surface area (Å²) >= 11 is 0. The Labute approximate surface area is 183 Å². The lowest BCUT2D eigenvalue weighted by Gasteiger charge is -2.32. The lowest BCUT2D eigenvalue weighted by molar-refractivity contribution is -0.118. The zero-order valence-corrected chi connectivity index (χ0v) is 18.7. The summed E-state index contributed by atoms with van der Waals surface area (Å²) in [7, 11) is 3.91. The number of piperazine rings is 1. The third kappa shape index (κ3) is 4.50. The molecule has 0 spiro atoms. The monoisotopic (exact) mass is 424 g/mol. The van der Waals surface area contributed by atoms with Crippen LogP contribution in [0, 0.1) is 6.92 Å². The van der Waals surface area contributed by atoms with Crippen molar-refractivity contribution >= 4 is 28.9 Å². The number of carbonyl (C=O) groups excluding carboxylic acids is 2. The molecule has 0 radical (unpaired) electrons. The largest absolute Gasteiger partial charge is 0.319 e. The number of rotatable bonds is 6. The fourth-order valence-electron chi connectivity index (χ4n) is 4.48. The van der Waals surface area contributed by atoms with Crippen molar-refractivity contribution in [1.29, 1.82) is 0 Å². The maximum atomic E-state index is 13.4. The Balaban J connectivity index is 1.44. The van der Waals surface area contributed by atoms with Crippen LogP contribution in [0.3, 0.4) is 0 Å². The number of hydrogen-bond acceptors (Lipinski definition) is 5. The second kappa shape index (κ2) is 9.20. The van der Waals surface area contributed by atoms with Gasteiger partial charge >= 0.3 is 0 Å². The van der Waals surface area contributed by atoms with E-state index in [0.717, 1.165) is 52.0 Å². The molecule has 0 atom stereocenters. The van der Waals surface area contributed by atoms with Crippen LogP contribution < -0.4 is 10.2 Å². The van der Waals surface area contributed by atoms with Crippen LogP contribution >= 0.6 is 0 Å². The molecule has 31 heavy (non-hydrogen) atoms. The number of para-hydroxylation sites is 2. The smallest absolute Gasteiger partial charge is 0.276 e. The van der Waals surface area contributed by atoms with Crippen LogP contribution in [0.5, 0.6) is 0 Å². The molecule has 1 aromatic heterocycles. The predicted molar refractivity (Wildman–Crippen MR) is 122 cm³/mol. The van der Waals surface area contributed by atoms with Crippen LogP contribution in [-0.4, -0.2) is 71.2 Å². The number of aryl methyl sites for hydroxylation is 2. The highest BCUT2D eigenvalue weighted by molar-refractivity contribution is 6.17. The molecule has 8 heteroatoms. The van der Waals surface area contributed by atoms with E-state index in [2.05, 4.69) is 27.3 Å². The normalized spacial score (nSPS) is 17.1. The van der Waals surface area contributed by atoms with Gasteiger partial charge in [0, 0.05) is 39.6 Å². The first-order valence-corrected chi connectivity index (χ1v) is 11.1. The van der Waals surface area contributed by atoms with E-state index in [1.165, 1.54) is 0 Å². The number of fused-ring (bicyclic) bond motifs is 2. The van der Waals surface area contributed by atoms with E-state index in [0.29, 0.717) is 34.9 Å². The zero-order valence-electron chi connectivity index (χ0n) is 18.7. The number of anilines is 3. The summed E-state index contributed by atoms with van der Waals surface area (Å²) in [4.78, 5) is 32.8. The van der Waals surface area contributed by atoms with Crippen molar-refractivity contribution in [3.63, 3.8) is 0 Å². The van der Waals surface area contributed by atoms with Crippen molar-refractivity contribution in [3.8, 4) is 0 Å². The highest BCUT2D eigenvalue weighted by atomic mass is 16.2. The number of benzene rings is 1. The number of aromatic nitrogens is 2. The summed E-state index contributed by atoms with van der Waals surface area (Å²) in [6.07, 6.45) is 3.40. The lowest BCUT2D eigenvalue weighted by Crippen LogP contribution is -2.44. The summed E-state index contributed by atoms with van der Waals surface area (Å²) in [6, 6.07) is 7.46. The van der Waals surface area contributed by atoms with E-state index in [1.54, 1.807) is 16.6 Å². The molecule has 3 heterocycles. The van der Waals surface area contributed by atoms with E-state index >= 15 is 0 Å². The molecule has 0 saturated carbocycles. The van der Waals surface area contributed by atoms with Gasteiger partial charge in [0.25, 0.3) is 5.91 Å². The first kappa shape index (κ1) is 21.5. The Morgan fingerprint density at radius 3 is 2.58 bits per heavy atom. The molecule has 2 aromatic rings. The van der Waals surface area contributed by atoms with E-state index in [-0.39, 0.29) is 11.8 Å². The van der Waals surface area contributed by atoms with Gasteiger partial charge in [-0.15, -0.1) is 0 Å². The average molecular weight is 425 g/mol.